The maximum atomic E-state index is 13.6. The minimum Gasteiger partial charge on any atom is -0.295 e. The number of benzene rings is 2. The van der Waals surface area contributed by atoms with E-state index in [1.807, 2.05) is 0 Å². The van der Waals surface area contributed by atoms with Gasteiger partial charge >= 0.3 is 0 Å². The van der Waals surface area contributed by atoms with Gasteiger partial charge in [0.1, 0.15) is 5.82 Å². The first-order valence-electron chi connectivity index (χ1n) is 6.34. The van der Waals surface area contributed by atoms with Crippen LogP contribution in [-0.2, 0) is 16.6 Å². The first-order chi connectivity index (χ1) is 10.3. The van der Waals surface area contributed by atoms with E-state index in [0.29, 0.717) is 5.02 Å². The SMILES string of the molecule is CC(=O)c1cccc(S(=O)(=O)NCc2cc(Cl)ccc2F)c1. The Balaban J connectivity index is 2.23. The van der Waals surface area contributed by atoms with Gasteiger partial charge in [-0.2, -0.15) is 0 Å². The zero-order valence-electron chi connectivity index (χ0n) is 11.6. The normalized spacial score (nSPS) is 11.4. The number of sulfonamides is 1. The second-order valence-corrected chi connectivity index (χ2v) is 6.85. The summed E-state index contributed by atoms with van der Waals surface area (Å²) in [7, 11) is -3.86. The minimum atomic E-state index is -3.86. The van der Waals surface area contributed by atoms with E-state index >= 15 is 0 Å². The molecule has 22 heavy (non-hydrogen) atoms. The summed E-state index contributed by atoms with van der Waals surface area (Å²) < 4.78 is 40.3. The monoisotopic (exact) mass is 341 g/mol. The lowest BCUT2D eigenvalue weighted by Crippen LogP contribution is -2.24. The highest BCUT2D eigenvalue weighted by molar-refractivity contribution is 7.89. The molecule has 0 radical (unpaired) electrons. The second-order valence-electron chi connectivity index (χ2n) is 4.64. The van der Waals surface area contributed by atoms with Crippen molar-refractivity contribution in [2.45, 2.75) is 18.4 Å². The fourth-order valence-corrected chi connectivity index (χ4v) is 3.06. The fraction of sp³-hybridized carbons (Fsp3) is 0.133. The lowest BCUT2D eigenvalue weighted by molar-refractivity contribution is 0.101. The number of carbonyl (C=O) groups is 1. The van der Waals surface area contributed by atoms with Crippen molar-refractivity contribution < 1.29 is 17.6 Å². The van der Waals surface area contributed by atoms with Crippen molar-refractivity contribution >= 4 is 27.4 Å². The van der Waals surface area contributed by atoms with Gasteiger partial charge in [0.15, 0.2) is 5.78 Å². The molecule has 0 atom stereocenters. The van der Waals surface area contributed by atoms with E-state index in [0.717, 1.165) is 0 Å². The summed E-state index contributed by atoms with van der Waals surface area (Å²) in [6.07, 6.45) is 0. The Kier molecular flexibility index (Phi) is 4.95. The third-order valence-corrected chi connectivity index (χ3v) is 4.65. The van der Waals surface area contributed by atoms with Crippen molar-refractivity contribution in [2.24, 2.45) is 0 Å². The van der Waals surface area contributed by atoms with Gasteiger partial charge in [-0.3, -0.25) is 4.79 Å². The van der Waals surface area contributed by atoms with E-state index in [2.05, 4.69) is 4.72 Å². The molecule has 1 N–H and O–H groups in total. The Labute approximate surface area is 133 Å². The van der Waals surface area contributed by atoms with Gasteiger partial charge in [0.25, 0.3) is 0 Å². The minimum absolute atomic E-state index is 0.0531. The van der Waals surface area contributed by atoms with Crippen LogP contribution in [0.1, 0.15) is 22.8 Å². The highest BCUT2D eigenvalue weighted by atomic mass is 35.5. The van der Waals surface area contributed by atoms with Crippen molar-refractivity contribution in [2.75, 3.05) is 0 Å². The smallest absolute Gasteiger partial charge is 0.240 e. The third-order valence-electron chi connectivity index (χ3n) is 3.01. The number of halogens is 2. The molecule has 116 valence electrons. The van der Waals surface area contributed by atoms with Gasteiger partial charge in [0, 0.05) is 22.7 Å². The van der Waals surface area contributed by atoms with Gasteiger partial charge in [-0.15, -0.1) is 0 Å². The van der Waals surface area contributed by atoms with Crippen molar-refractivity contribution in [3.63, 3.8) is 0 Å². The van der Waals surface area contributed by atoms with Gasteiger partial charge in [-0.25, -0.2) is 17.5 Å². The average molecular weight is 342 g/mol. The molecule has 7 heteroatoms. The Morgan fingerprint density at radius 3 is 2.64 bits per heavy atom. The number of nitrogens with one attached hydrogen (secondary N) is 1. The van der Waals surface area contributed by atoms with Crippen molar-refractivity contribution in [1.29, 1.82) is 0 Å². The summed E-state index contributed by atoms with van der Waals surface area (Å²) >= 11 is 5.76. The second kappa shape index (κ2) is 6.56. The molecule has 0 unspecified atom stereocenters. The molecule has 0 heterocycles. The van der Waals surface area contributed by atoms with Crippen molar-refractivity contribution in [1.82, 2.24) is 4.72 Å². The predicted molar refractivity (Wildman–Crippen MR) is 81.9 cm³/mol. The summed E-state index contributed by atoms with van der Waals surface area (Å²) in [5.41, 5.74) is 0.426. The van der Waals surface area contributed by atoms with Crippen molar-refractivity contribution in [3.05, 3.63) is 64.4 Å². The van der Waals surface area contributed by atoms with Crippen LogP contribution in [0.5, 0.6) is 0 Å². The maximum Gasteiger partial charge on any atom is 0.240 e. The molecule has 0 bridgehead atoms. The van der Waals surface area contributed by atoms with E-state index in [1.165, 1.54) is 49.4 Å². The summed E-state index contributed by atoms with van der Waals surface area (Å²) in [5, 5.41) is 0.314. The van der Waals surface area contributed by atoms with Gasteiger partial charge in [-0.1, -0.05) is 23.7 Å². The highest BCUT2D eigenvalue weighted by Gasteiger charge is 2.16. The summed E-state index contributed by atoms with van der Waals surface area (Å²) in [5.74, 6) is -0.789. The topological polar surface area (TPSA) is 63.2 Å². The molecule has 0 spiro atoms. The van der Waals surface area contributed by atoms with E-state index in [1.54, 1.807) is 0 Å². The number of rotatable bonds is 5. The molecule has 4 nitrogen and oxygen atoms in total. The number of carbonyl (C=O) groups excluding carboxylic acids is 1. The third kappa shape index (κ3) is 3.91. The molecule has 0 aromatic heterocycles. The standard InChI is InChI=1S/C15H13ClFNO3S/c1-10(19)11-3-2-4-14(8-11)22(20,21)18-9-12-7-13(16)5-6-15(12)17/h2-8,18H,9H2,1H3. The number of ketones is 1. The molecule has 0 saturated carbocycles. The van der Waals surface area contributed by atoms with Crippen LogP contribution >= 0.6 is 11.6 Å². The molecule has 2 rings (SSSR count). The van der Waals surface area contributed by atoms with Crippen LogP contribution in [-0.4, -0.2) is 14.2 Å². The Morgan fingerprint density at radius 2 is 1.95 bits per heavy atom. The van der Waals surface area contributed by atoms with Crippen LogP contribution in [0.2, 0.25) is 5.02 Å². The number of hydrogen-bond donors (Lipinski definition) is 1. The lowest BCUT2D eigenvalue weighted by Gasteiger charge is -2.09. The van der Waals surface area contributed by atoms with Crippen LogP contribution in [0.3, 0.4) is 0 Å². The maximum absolute atomic E-state index is 13.6. The lowest BCUT2D eigenvalue weighted by atomic mass is 10.2. The van der Waals surface area contributed by atoms with Crippen LogP contribution in [0, 0.1) is 5.82 Å². The summed E-state index contributed by atoms with van der Waals surface area (Å²) in [6.45, 7) is 1.11. The molecule has 0 saturated heterocycles. The average Bonchev–Trinajstić information content (AvgIpc) is 2.48. The molecule has 2 aromatic carbocycles. The largest absolute Gasteiger partial charge is 0.295 e. The molecule has 0 aliphatic carbocycles. The van der Waals surface area contributed by atoms with E-state index in [4.69, 9.17) is 11.6 Å². The molecular weight excluding hydrogens is 329 g/mol. The van der Waals surface area contributed by atoms with Gasteiger partial charge in [-0.05, 0) is 37.3 Å². The molecule has 0 aliphatic rings. The van der Waals surface area contributed by atoms with Crippen LogP contribution in [0.4, 0.5) is 4.39 Å². The molecule has 0 aliphatic heterocycles. The van der Waals surface area contributed by atoms with Gasteiger partial charge < -0.3 is 0 Å². The number of Topliss-reactive ketones (excluding diaryl/α,β-unsaturated/α-hetero) is 1. The van der Waals surface area contributed by atoms with E-state index in [-0.39, 0.29) is 28.4 Å². The van der Waals surface area contributed by atoms with E-state index in [9.17, 15) is 17.6 Å². The quantitative estimate of drug-likeness (QED) is 0.850. The molecular formula is C15H13ClFNO3S. The fourth-order valence-electron chi connectivity index (χ4n) is 1.82. The molecule has 2 aromatic rings. The van der Waals surface area contributed by atoms with Gasteiger partial charge in [0.05, 0.1) is 4.90 Å². The van der Waals surface area contributed by atoms with Crippen LogP contribution in [0.25, 0.3) is 0 Å². The van der Waals surface area contributed by atoms with Crippen LogP contribution in [0.15, 0.2) is 47.4 Å². The molecule has 0 amide bonds. The Bertz CT molecular complexity index is 821. The predicted octanol–water partition coefficient (Wildman–Crippen LogP) is 3.16. The van der Waals surface area contributed by atoms with Gasteiger partial charge in [0.2, 0.25) is 10.0 Å². The Hall–Kier alpha value is -1.76. The summed E-state index contributed by atoms with van der Waals surface area (Å²) in [6, 6.07) is 9.55. The first kappa shape index (κ1) is 16.6. The van der Waals surface area contributed by atoms with Crippen molar-refractivity contribution in [3.8, 4) is 0 Å². The highest BCUT2D eigenvalue weighted by Crippen LogP contribution is 2.16. The zero-order chi connectivity index (χ0) is 16.3. The molecule has 0 fully saturated rings. The Morgan fingerprint density at radius 1 is 1.23 bits per heavy atom. The zero-order valence-corrected chi connectivity index (χ0v) is 13.2. The van der Waals surface area contributed by atoms with E-state index < -0.39 is 15.8 Å². The first-order valence-corrected chi connectivity index (χ1v) is 8.20. The van der Waals surface area contributed by atoms with Crippen LogP contribution < -0.4 is 4.72 Å². The summed E-state index contributed by atoms with van der Waals surface area (Å²) in [4.78, 5) is 11.3. The number of hydrogen-bond acceptors (Lipinski definition) is 3.